The van der Waals surface area contributed by atoms with Gasteiger partial charge in [0, 0.05) is 17.3 Å². The van der Waals surface area contributed by atoms with Gasteiger partial charge in [0.25, 0.3) is 0 Å². The minimum atomic E-state index is 0.747. The van der Waals surface area contributed by atoms with Crippen molar-refractivity contribution in [1.82, 2.24) is 9.97 Å². The first-order chi connectivity index (χ1) is 10.4. The Morgan fingerprint density at radius 3 is 2.48 bits per heavy atom. The molecule has 2 aromatic carbocycles. The number of nitrogens with one attached hydrogen (secondary N) is 1. The van der Waals surface area contributed by atoms with E-state index in [2.05, 4.69) is 15.3 Å². The van der Waals surface area contributed by atoms with Crippen LogP contribution in [0.4, 0.5) is 11.5 Å². The van der Waals surface area contributed by atoms with E-state index in [1.165, 1.54) is 0 Å². The molecule has 1 heterocycles. The first kappa shape index (κ1) is 13.1. The molecule has 4 nitrogen and oxygen atoms in total. The van der Waals surface area contributed by atoms with Gasteiger partial charge >= 0.3 is 0 Å². The summed E-state index contributed by atoms with van der Waals surface area (Å²) in [5, 5.41) is 3.26. The van der Waals surface area contributed by atoms with Gasteiger partial charge in [-0.15, -0.1) is 0 Å². The van der Waals surface area contributed by atoms with Crippen molar-refractivity contribution in [2.45, 2.75) is 0 Å². The predicted octanol–water partition coefficient (Wildman–Crippen LogP) is 3.90. The highest BCUT2D eigenvalue weighted by molar-refractivity contribution is 5.70. The normalized spacial score (nSPS) is 10.1. The van der Waals surface area contributed by atoms with Crippen LogP contribution in [0.2, 0.25) is 0 Å². The van der Waals surface area contributed by atoms with Gasteiger partial charge < -0.3 is 10.1 Å². The second-order valence-corrected chi connectivity index (χ2v) is 4.48. The monoisotopic (exact) mass is 277 g/mol. The van der Waals surface area contributed by atoms with Gasteiger partial charge in [-0.05, 0) is 24.3 Å². The number of hydrogen-bond donors (Lipinski definition) is 1. The van der Waals surface area contributed by atoms with E-state index in [9.17, 15) is 0 Å². The number of benzene rings is 2. The average Bonchev–Trinajstić information content (AvgIpc) is 2.56. The van der Waals surface area contributed by atoms with Crippen LogP contribution < -0.4 is 10.1 Å². The smallest absolute Gasteiger partial charge is 0.134 e. The summed E-state index contributed by atoms with van der Waals surface area (Å²) in [4.78, 5) is 8.58. The zero-order valence-electron chi connectivity index (χ0n) is 11.7. The van der Waals surface area contributed by atoms with Crippen molar-refractivity contribution >= 4 is 11.5 Å². The van der Waals surface area contributed by atoms with Crippen LogP contribution in [0.25, 0.3) is 11.3 Å². The van der Waals surface area contributed by atoms with E-state index in [0.29, 0.717) is 0 Å². The van der Waals surface area contributed by atoms with Crippen LogP contribution in [0.1, 0.15) is 0 Å². The molecule has 104 valence electrons. The molecular weight excluding hydrogens is 262 g/mol. The number of anilines is 2. The van der Waals surface area contributed by atoms with Crippen molar-refractivity contribution in [3.05, 3.63) is 67.0 Å². The Labute approximate surface area is 123 Å². The van der Waals surface area contributed by atoms with Crippen molar-refractivity contribution in [3.8, 4) is 17.0 Å². The molecule has 0 radical (unpaired) electrons. The maximum atomic E-state index is 5.38. The van der Waals surface area contributed by atoms with Crippen molar-refractivity contribution in [1.29, 1.82) is 0 Å². The fourth-order valence-corrected chi connectivity index (χ4v) is 2.10. The van der Waals surface area contributed by atoms with Crippen LogP contribution in [0.3, 0.4) is 0 Å². The summed E-state index contributed by atoms with van der Waals surface area (Å²) >= 11 is 0. The summed E-state index contributed by atoms with van der Waals surface area (Å²) in [7, 11) is 1.66. The molecule has 4 heteroatoms. The largest absolute Gasteiger partial charge is 0.496 e. The Hall–Kier alpha value is -2.88. The Morgan fingerprint density at radius 1 is 0.905 bits per heavy atom. The van der Waals surface area contributed by atoms with Crippen molar-refractivity contribution < 1.29 is 4.74 Å². The van der Waals surface area contributed by atoms with Crippen LogP contribution >= 0.6 is 0 Å². The molecule has 3 rings (SSSR count). The number of aromatic nitrogens is 2. The van der Waals surface area contributed by atoms with E-state index in [0.717, 1.165) is 28.5 Å². The molecule has 0 saturated carbocycles. The molecule has 0 aliphatic heterocycles. The third kappa shape index (κ3) is 3.00. The zero-order chi connectivity index (χ0) is 14.5. The lowest BCUT2D eigenvalue weighted by Crippen LogP contribution is -1.96. The van der Waals surface area contributed by atoms with E-state index in [4.69, 9.17) is 4.74 Å². The second kappa shape index (κ2) is 6.05. The van der Waals surface area contributed by atoms with E-state index >= 15 is 0 Å². The summed E-state index contributed by atoms with van der Waals surface area (Å²) in [6.07, 6.45) is 1.55. The maximum Gasteiger partial charge on any atom is 0.134 e. The Balaban J connectivity index is 1.93. The molecule has 0 aliphatic rings. The van der Waals surface area contributed by atoms with E-state index in [1.54, 1.807) is 13.4 Å². The van der Waals surface area contributed by atoms with Crippen LogP contribution in [0.15, 0.2) is 67.0 Å². The molecule has 21 heavy (non-hydrogen) atoms. The van der Waals surface area contributed by atoms with E-state index in [1.807, 2.05) is 60.7 Å². The van der Waals surface area contributed by atoms with Gasteiger partial charge in [0.15, 0.2) is 0 Å². The lowest BCUT2D eigenvalue weighted by atomic mass is 10.1. The standard InChI is InChI=1S/C17H15N3O/c1-21-16-10-6-5-9-14(16)15-11-17(19-12-18-15)20-13-7-3-2-4-8-13/h2-12H,1H3,(H,18,19,20). The molecule has 0 saturated heterocycles. The zero-order valence-corrected chi connectivity index (χ0v) is 11.7. The van der Waals surface area contributed by atoms with Crippen LogP contribution in [-0.4, -0.2) is 17.1 Å². The highest BCUT2D eigenvalue weighted by Crippen LogP contribution is 2.29. The van der Waals surface area contributed by atoms with Gasteiger partial charge in [0.2, 0.25) is 0 Å². The maximum absolute atomic E-state index is 5.38. The van der Waals surface area contributed by atoms with Gasteiger partial charge in [-0.2, -0.15) is 0 Å². The molecule has 0 atom stereocenters. The molecule has 1 aromatic heterocycles. The highest BCUT2D eigenvalue weighted by atomic mass is 16.5. The molecule has 0 amide bonds. The molecule has 0 bridgehead atoms. The van der Waals surface area contributed by atoms with Gasteiger partial charge in [-0.1, -0.05) is 30.3 Å². The molecular formula is C17H15N3O. The lowest BCUT2D eigenvalue weighted by molar-refractivity contribution is 0.416. The second-order valence-electron chi connectivity index (χ2n) is 4.48. The van der Waals surface area contributed by atoms with Gasteiger partial charge in [-0.25, -0.2) is 9.97 Å². The van der Waals surface area contributed by atoms with Gasteiger partial charge in [-0.3, -0.25) is 0 Å². The molecule has 0 aliphatic carbocycles. The number of para-hydroxylation sites is 2. The summed E-state index contributed by atoms with van der Waals surface area (Å²) < 4.78 is 5.38. The van der Waals surface area contributed by atoms with E-state index in [-0.39, 0.29) is 0 Å². The van der Waals surface area contributed by atoms with Gasteiger partial charge in [0.05, 0.1) is 12.8 Å². The molecule has 0 fully saturated rings. The Kier molecular flexibility index (Phi) is 3.78. The first-order valence-corrected chi connectivity index (χ1v) is 6.64. The molecule has 3 aromatic rings. The van der Waals surface area contributed by atoms with Crippen LogP contribution in [0.5, 0.6) is 5.75 Å². The lowest BCUT2D eigenvalue weighted by Gasteiger charge is -2.09. The highest BCUT2D eigenvalue weighted by Gasteiger charge is 2.07. The fourth-order valence-electron chi connectivity index (χ4n) is 2.10. The third-order valence-electron chi connectivity index (χ3n) is 3.10. The van der Waals surface area contributed by atoms with Crippen LogP contribution in [0, 0.1) is 0 Å². The number of rotatable bonds is 4. The minimum absolute atomic E-state index is 0.747. The quantitative estimate of drug-likeness (QED) is 0.785. The SMILES string of the molecule is COc1ccccc1-c1cc(Nc2ccccc2)ncn1. The summed E-state index contributed by atoms with van der Waals surface area (Å²) in [5.41, 5.74) is 2.75. The number of nitrogens with zero attached hydrogens (tertiary/aromatic N) is 2. The summed E-state index contributed by atoms with van der Waals surface area (Å²) in [6.45, 7) is 0. The van der Waals surface area contributed by atoms with Crippen LogP contribution in [-0.2, 0) is 0 Å². The number of hydrogen-bond acceptors (Lipinski definition) is 4. The molecule has 0 spiro atoms. The topological polar surface area (TPSA) is 47.0 Å². The number of methoxy groups -OCH3 is 1. The Morgan fingerprint density at radius 2 is 1.67 bits per heavy atom. The predicted molar refractivity (Wildman–Crippen MR) is 83.7 cm³/mol. The fraction of sp³-hybridized carbons (Fsp3) is 0.0588. The molecule has 1 N–H and O–H groups in total. The first-order valence-electron chi connectivity index (χ1n) is 6.64. The van der Waals surface area contributed by atoms with Gasteiger partial charge in [0.1, 0.15) is 17.9 Å². The summed E-state index contributed by atoms with van der Waals surface area (Å²) in [5.74, 6) is 1.54. The Bertz CT molecular complexity index is 729. The minimum Gasteiger partial charge on any atom is -0.496 e. The third-order valence-corrected chi connectivity index (χ3v) is 3.10. The van der Waals surface area contributed by atoms with Crippen molar-refractivity contribution in [2.75, 3.05) is 12.4 Å². The number of ether oxygens (including phenoxy) is 1. The van der Waals surface area contributed by atoms with Crippen molar-refractivity contribution in [3.63, 3.8) is 0 Å². The van der Waals surface area contributed by atoms with Crippen molar-refractivity contribution in [2.24, 2.45) is 0 Å². The summed E-state index contributed by atoms with van der Waals surface area (Å²) in [6, 6.07) is 19.6. The average molecular weight is 277 g/mol. The molecule has 0 unspecified atom stereocenters. The van der Waals surface area contributed by atoms with E-state index < -0.39 is 0 Å².